The van der Waals surface area contributed by atoms with E-state index < -0.39 is 0 Å². The molecule has 0 atom stereocenters. The molecule has 0 saturated heterocycles. The van der Waals surface area contributed by atoms with Crippen LogP contribution in [0.1, 0.15) is 10.4 Å². The van der Waals surface area contributed by atoms with E-state index in [1.165, 1.54) is 10.4 Å². The molecular weight excluding hydrogens is 188 g/mol. The summed E-state index contributed by atoms with van der Waals surface area (Å²) in [5, 5.41) is 2.10. The van der Waals surface area contributed by atoms with Crippen molar-refractivity contribution in [1.29, 1.82) is 0 Å². The third-order valence-corrected chi connectivity index (χ3v) is 2.86. The van der Waals surface area contributed by atoms with Crippen molar-refractivity contribution < 1.29 is 0 Å². The molecule has 0 bridgehead atoms. The zero-order valence-electron chi connectivity index (χ0n) is 7.89. The van der Waals surface area contributed by atoms with Gasteiger partial charge in [0.25, 0.3) is 0 Å². The molecule has 0 N–H and O–H groups in total. The normalized spacial score (nSPS) is 10.9. The fraction of sp³-hybridized carbons (Fsp3) is 0.0769. The predicted octanol–water partition coefficient (Wildman–Crippen LogP) is 4.00. The van der Waals surface area contributed by atoms with Gasteiger partial charge in [-0.25, -0.2) is 0 Å². The van der Waals surface area contributed by atoms with Gasteiger partial charge in [-0.3, -0.25) is 0 Å². The fourth-order valence-corrected chi connectivity index (χ4v) is 1.96. The summed E-state index contributed by atoms with van der Waals surface area (Å²) in [6, 6.07) is 14.7. The zero-order chi connectivity index (χ0) is 9.64. The first-order chi connectivity index (χ1) is 6.95. The van der Waals surface area contributed by atoms with Crippen molar-refractivity contribution in [3.8, 4) is 0 Å². The number of hydrogen-bond acceptors (Lipinski definition) is 1. The van der Waals surface area contributed by atoms with Gasteiger partial charge in [-0.1, -0.05) is 42.5 Å². The molecule has 0 aliphatic carbocycles. The molecule has 0 saturated carbocycles. The topological polar surface area (TPSA) is 0 Å². The van der Waals surface area contributed by atoms with Gasteiger partial charge in [-0.15, -0.1) is 11.3 Å². The minimum atomic E-state index is 1.01. The molecule has 0 aliphatic heterocycles. The molecule has 14 heavy (non-hydrogen) atoms. The summed E-state index contributed by atoms with van der Waals surface area (Å²) >= 11 is 1.77. The van der Waals surface area contributed by atoms with Gasteiger partial charge in [0.15, 0.2) is 0 Å². The lowest BCUT2D eigenvalue weighted by molar-refractivity contribution is 1.28. The zero-order valence-corrected chi connectivity index (χ0v) is 8.71. The molecule has 2 rings (SSSR count). The van der Waals surface area contributed by atoms with Crippen molar-refractivity contribution in [2.24, 2.45) is 0 Å². The lowest BCUT2D eigenvalue weighted by atomic mass is 10.1. The van der Waals surface area contributed by atoms with E-state index in [0.717, 1.165) is 6.42 Å². The second-order valence-corrected chi connectivity index (χ2v) is 4.09. The van der Waals surface area contributed by atoms with Gasteiger partial charge in [0.05, 0.1) is 0 Å². The van der Waals surface area contributed by atoms with Gasteiger partial charge in [0.2, 0.25) is 0 Å². The second kappa shape index (κ2) is 4.77. The van der Waals surface area contributed by atoms with Gasteiger partial charge >= 0.3 is 0 Å². The van der Waals surface area contributed by atoms with Crippen LogP contribution in [0.4, 0.5) is 0 Å². The Morgan fingerprint density at radius 2 is 1.86 bits per heavy atom. The maximum Gasteiger partial charge on any atom is 0.0267 e. The molecule has 1 aromatic heterocycles. The monoisotopic (exact) mass is 200 g/mol. The van der Waals surface area contributed by atoms with E-state index in [1.807, 2.05) is 6.07 Å². The van der Waals surface area contributed by atoms with Crippen molar-refractivity contribution >= 4 is 17.4 Å². The van der Waals surface area contributed by atoms with E-state index in [1.54, 1.807) is 11.3 Å². The van der Waals surface area contributed by atoms with Gasteiger partial charge in [-0.05, 0) is 29.5 Å². The Morgan fingerprint density at radius 3 is 2.57 bits per heavy atom. The number of hydrogen-bond donors (Lipinski definition) is 0. The summed E-state index contributed by atoms with van der Waals surface area (Å²) in [4.78, 5) is 1.32. The predicted molar refractivity (Wildman–Crippen MR) is 63.5 cm³/mol. The second-order valence-electron chi connectivity index (χ2n) is 3.11. The van der Waals surface area contributed by atoms with E-state index >= 15 is 0 Å². The first kappa shape index (κ1) is 9.22. The number of allylic oxidation sites excluding steroid dienone is 1. The highest BCUT2D eigenvalue weighted by molar-refractivity contribution is 7.10. The molecule has 1 heteroatoms. The number of benzene rings is 1. The molecule has 1 heterocycles. The number of thiophene rings is 1. The smallest absolute Gasteiger partial charge is 0.0267 e. The minimum Gasteiger partial charge on any atom is -0.144 e. The maximum atomic E-state index is 2.21. The quantitative estimate of drug-likeness (QED) is 0.702. The summed E-state index contributed by atoms with van der Waals surface area (Å²) in [6.45, 7) is 0. The third kappa shape index (κ3) is 2.57. The van der Waals surface area contributed by atoms with Crippen LogP contribution >= 0.6 is 11.3 Å². The van der Waals surface area contributed by atoms with Gasteiger partial charge in [0.1, 0.15) is 0 Å². The van der Waals surface area contributed by atoms with E-state index in [0.29, 0.717) is 0 Å². The third-order valence-electron chi connectivity index (χ3n) is 2.02. The Balaban J connectivity index is 1.95. The van der Waals surface area contributed by atoms with Gasteiger partial charge < -0.3 is 0 Å². The Morgan fingerprint density at radius 1 is 1.00 bits per heavy atom. The molecule has 1 aromatic carbocycles. The highest BCUT2D eigenvalue weighted by Crippen LogP contribution is 2.11. The Bertz CT molecular complexity index is 384. The standard InChI is InChI=1S/C13H12S/c1-2-6-12(7-3-1)8-4-9-13-10-5-11-14-13/h1-7,9-11H,8H2. The van der Waals surface area contributed by atoms with E-state index in [9.17, 15) is 0 Å². The molecule has 0 radical (unpaired) electrons. The van der Waals surface area contributed by atoms with Crippen molar-refractivity contribution in [2.75, 3.05) is 0 Å². The van der Waals surface area contributed by atoms with E-state index in [-0.39, 0.29) is 0 Å². The highest BCUT2D eigenvalue weighted by atomic mass is 32.1. The largest absolute Gasteiger partial charge is 0.144 e. The first-order valence-electron chi connectivity index (χ1n) is 4.69. The van der Waals surface area contributed by atoms with Gasteiger partial charge in [0, 0.05) is 4.88 Å². The Kier molecular flexibility index (Phi) is 3.15. The van der Waals surface area contributed by atoms with Crippen LogP contribution in [0, 0.1) is 0 Å². The molecular formula is C13H12S. The Labute approximate surface area is 88.5 Å². The molecule has 0 aliphatic rings. The van der Waals surface area contributed by atoms with Crippen LogP contribution in [0.15, 0.2) is 53.9 Å². The van der Waals surface area contributed by atoms with Crippen LogP contribution in [0.2, 0.25) is 0 Å². The van der Waals surface area contributed by atoms with Crippen LogP contribution in [0.25, 0.3) is 6.08 Å². The van der Waals surface area contributed by atoms with Crippen LogP contribution < -0.4 is 0 Å². The lowest BCUT2D eigenvalue weighted by Crippen LogP contribution is -1.77. The summed E-state index contributed by atoms with van der Waals surface area (Å²) in [7, 11) is 0. The molecule has 0 spiro atoms. The van der Waals surface area contributed by atoms with Crippen molar-refractivity contribution in [3.05, 3.63) is 64.4 Å². The molecule has 0 amide bonds. The average molecular weight is 200 g/mol. The van der Waals surface area contributed by atoms with Crippen molar-refractivity contribution in [3.63, 3.8) is 0 Å². The summed E-state index contributed by atoms with van der Waals surface area (Å²) in [5.41, 5.74) is 1.36. The SMILES string of the molecule is C(=Cc1cccs1)Cc1ccccc1. The van der Waals surface area contributed by atoms with Gasteiger partial charge in [-0.2, -0.15) is 0 Å². The average Bonchev–Trinajstić information content (AvgIpc) is 2.72. The minimum absolute atomic E-state index is 1.01. The maximum absolute atomic E-state index is 2.21. The van der Waals surface area contributed by atoms with Crippen LogP contribution in [-0.4, -0.2) is 0 Å². The van der Waals surface area contributed by atoms with Crippen molar-refractivity contribution in [2.45, 2.75) is 6.42 Å². The molecule has 0 unspecified atom stereocenters. The van der Waals surface area contributed by atoms with E-state index in [2.05, 4.69) is 53.9 Å². The fourth-order valence-electron chi connectivity index (χ4n) is 1.31. The number of rotatable bonds is 3. The molecule has 2 aromatic rings. The summed E-state index contributed by atoms with van der Waals surface area (Å²) in [6.07, 6.45) is 5.40. The Hall–Kier alpha value is -1.34. The lowest BCUT2D eigenvalue weighted by Gasteiger charge is -1.93. The van der Waals surface area contributed by atoms with Crippen LogP contribution in [0.3, 0.4) is 0 Å². The molecule has 70 valence electrons. The first-order valence-corrected chi connectivity index (χ1v) is 5.57. The van der Waals surface area contributed by atoms with Crippen LogP contribution in [0.5, 0.6) is 0 Å². The van der Waals surface area contributed by atoms with Crippen LogP contribution in [-0.2, 0) is 6.42 Å². The summed E-state index contributed by atoms with van der Waals surface area (Å²) < 4.78 is 0. The van der Waals surface area contributed by atoms with Crippen molar-refractivity contribution in [1.82, 2.24) is 0 Å². The van der Waals surface area contributed by atoms with E-state index in [4.69, 9.17) is 0 Å². The molecule has 0 fully saturated rings. The highest BCUT2D eigenvalue weighted by Gasteiger charge is 1.87. The summed E-state index contributed by atoms with van der Waals surface area (Å²) in [5.74, 6) is 0. The molecule has 0 nitrogen and oxygen atoms in total.